The zero-order chi connectivity index (χ0) is 16.1. The smallest absolute Gasteiger partial charge is 0.222 e. The third-order valence-corrected chi connectivity index (χ3v) is 4.16. The highest BCUT2D eigenvalue weighted by molar-refractivity contribution is 5.76. The van der Waals surface area contributed by atoms with E-state index in [1.54, 1.807) is 6.20 Å². The van der Waals surface area contributed by atoms with E-state index in [0.717, 1.165) is 30.6 Å². The fourth-order valence-corrected chi connectivity index (χ4v) is 2.99. The van der Waals surface area contributed by atoms with Crippen LogP contribution in [0.25, 0.3) is 0 Å². The molecular weight excluding hydrogens is 290 g/mol. The van der Waals surface area contributed by atoms with Crippen LogP contribution in [0.5, 0.6) is 5.75 Å². The zero-order valence-corrected chi connectivity index (χ0v) is 13.4. The number of nitrogens with zero attached hydrogens (tertiary/aromatic N) is 2. The van der Waals surface area contributed by atoms with E-state index in [0.29, 0.717) is 13.0 Å². The average molecular weight is 313 g/mol. The molecule has 0 bridgehead atoms. The number of rotatable bonds is 6. The molecule has 2 atom stereocenters. The molecule has 0 spiro atoms. The van der Waals surface area contributed by atoms with Crippen molar-refractivity contribution in [3.05, 3.63) is 48.3 Å². The molecule has 3 rings (SSSR count). The first-order chi connectivity index (χ1) is 11.2. The summed E-state index contributed by atoms with van der Waals surface area (Å²) in [6.45, 7) is 2.60. The maximum atomic E-state index is 12.2. The number of amides is 1. The summed E-state index contributed by atoms with van der Waals surface area (Å²) < 4.78 is 7.83. The molecule has 1 aliphatic carbocycles. The summed E-state index contributed by atoms with van der Waals surface area (Å²) in [6, 6.07) is 9.90. The molecule has 1 fully saturated rings. The fourth-order valence-electron chi connectivity index (χ4n) is 2.99. The molecule has 2 aromatic rings. The van der Waals surface area contributed by atoms with Gasteiger partial charge in [-0.1, -0.05) is 18.2 Å². The second-order valence-corrected chi connectivity index (χ2v) is 6.11. The molecule has 0 radical (unpaired) electrons. The molecule has 122 valence electrons. The normalized spacial score (nSPS) is 20.4. The van der Waals surface area contributed by atoms with Crippen molar-refractivity contribution in [3.8, 4) is 5.75 Å². The monoisotopic (exact) mass is 313 g/mol. The van der Waals surface area contributed by atoms with Crippen LogP contribution in [0, 0.1) is 6.92 Å². The summed E-state index contributed by atoms with van der Waals surface area (Å²) in [4.78, 5) is 12.2. The summed E-state index contributed by atoms with van der Waals surface area (Å²) >= 11 is 0. The first-order valence-electron chi connectivity index (χ1n) is 8.21. The van der Waals surface area contributed by atoms with Crippen molar-refractivity contribution in [1.29, 1.82) is 0 Å². The number of hydrogen-bond donors (Lipinski definition) is 1. The van der Waals surface area contributed by atoms with Gasteiger partial charge in [0.1, 0.15) is 11.9 Å². The minimum Gasteiger partial charge on any atom is -0.488 e. The largest absolute Gasteiger partial charge is 0.488 e. The van der Waals surface area contributed by atoms with E-state index in [4.69, 9.17) is 4.74 Å². The highest BCUT2D eigenvalue weighted by Crippen LogP contribution is 2.24. The highest BCUT2D eigenvalue weighted by Gasteiger charge is 2.30. The lowest BCUT2D eigenvalue weighted by molar-refractivity contribution is -0.122. The van der Waals surface area contributed by atoms with Gasteiger partial charge in [0.25, 0.3) is 0 Å². The SMILES string of the molecule is Cc1cnn(CCC(=O)N[C@H]2CCC[C@@H]2Oc2ccccc2)c1. The van der Waals surface area contributed by atoms with E-state index in [1.165, 1.54) is 0 Å². The second kappa shape index (κ2) is 7.31. The average Bonchev–Trinajstić information content (AvgIpc) is 3.16. The Hall–Kier alpha value is -2.30. The Bertz CT molecular complexity index is 639. The Morgan fingerprint density at radius 3 is 2.91 bits per heavy atom. The van der Waals surface area contributed by atoms with E-state index in [2.05, 4.69) is 10.4 Å². The van der Waals surface area contributed by atoms with Crippen molar-refractivity contribution in [2.75, 3.05) is 0 Å². The van der Waals surface area contributed by atoms with E-state index in [1.807, 2.05) is 48.1 Å². The quantitative estimate of drug-likeness (QED) is 0.892. The zero-order valence-electron chi connectivity index (χ0n) is 13.4. The molecule has 1 amide bonds. The van der Waals surface area contributed by atoms with E-state index in [9.17, 15) is 4.79 Å². The number of carbonyl (C=O) groups is 1. The Balaban J connectivity index is 1.48. The predicted octanol–water partition coefficient (Wildman–Crippen LogP) is 2.70. The minimum absolute atomic E-state index is 0.0618. The van der Waals surface area contributed by atoms with Gasteiger partial charge >= 0.3 is 0 Å². The van der Waals surface area contributed by atoms with Gasteiger partial charge in [0.2, 0.25) is 5.91 Å². The van der Waals surface area contributed by atoms with Crippen LogP contribution >= 0.6 is 0 Å². The number of carbonyl (C=O) groups excluding carboxylic acids is 1. The Kier molecular flexibility index (Phi) is 4.95. The minimum atomic E-state index is 0.0618. The number of para-hydroxylation sites is 1. The van der Waals surface area contributed by atoms with Gasteiger partial charge in [0.15, 0.2) is 0 Å². The van der Waals surface area contributed by atoms with Gasteiger partial charge in [-0.05, 0) is 43.9 Å². The molecule has 0 unspecified atom stereocenters. The lowest BCUT2D eigenvalue weighted by Crippen LogP contribution is -2.42. The van der Waals surface area contributed by atoms with E-state index >= 15 is 0 Å². The molecule has 5 nitrogen and oxygen atoms in total. The van der Waals surface area contributed by atoms with Gasteiger partial charge in [-0.25, -0.2) is 0 Å². The molecule has 1 saturated carbocycles. The molecule has 23 heavy (non-hydrogen) atoms. The van der Waals surface area contributed by atoms with E-state index < -0.39 is 0 Å². The summed E-state index contributed by atoms with van der Waals surface area (Å²) in [7, 11) is 0. The Morgan fingerprint density at radius 2 is 2.17 bits per heavy atom. The molecule has 1 aromatic heterocycles. The van der Waals surface area contributed by atoms with Crippen LogP contribution in [0.2, 0.25) is 0 Å². The van der Waals surface area contributed by atoms with Crippen molar-refractivity contribution < 1.29 is 9.53 Å². The third-order valence-electron chi connectivity index (χ3n) is 4.16. The van der Waals surface area contributed by atoms with Gasteiger partial charge in [0, 0.05) is 19.2 Å². The van der Waals surface area contributed by atoms with Crippen molar-refractivity contribution >= 4 is 5.91 Å². The van der Waals surface area contributed by atoms with Crippen LogP contribution in [0.3, 0.4) is 0 Å². The van der Waals surface area contributed by atoms with Gasteiger partial charge < -0.3 is 10.1 Å². The van der Waals surface area contributed by atoms with Crippen molar-refractivity contribution in [1.82, 2.24) is 15.1 Å². The summed E-state index contributed by atoms with van der Waals surface area (Å²) in [6.07, 6.45) is 7.30. The lowest BCUT2D eigenvalue weighted by Gasteiger charge is -2.22. The maximum Gasteiger partial charge on any atom is 0.222 e. The predicted molar refractivity (Wildman–Crippen MR) is 88.2 cm³/mol. The molecule has 0 aliphatic heterocycles. The molecule has 1 aromatic carbocycles. The molecule has 5 heteroatoms. The second-order valence-electron chi connectivity index (χ2n) is 6.11. The van der Waals surface area contributed by atoms with Crippen LogP contribution in [-0.4, -0.2) is 27.8 Å². The molecular formula is C18H23N3O2. The molecule has 0 saturated heterocycles. The number of ether oxygens (including phenoxy) is 1. The van der Waals surface area contributed by atoms with Gasteiger partial charge in [0.05, 0.1) is 12.2 Å². The number of aryl methyl sites for hydroxylation is 2. The standard InChI is InChI=1S/C18H23N3O2/c1-14-12-19-21(13-14)11-10-18(22)20-16-8-5-9-17(16)23-15-6-3-2-4-7-15/h2-4,6-7,12-13,16-17H,5,8-11H2,1H3,(H,20,22)/t16-,17-/m0/s1. The summed E-state index contributed by atoms with van der Waals surface area (Å²) in [5, 5.41) is 7.32. The van der Waals surface area contributed by atoms with Crippen LogP contribution in [0.4, 0.5) is 0 Å². The van der Waals surface area contributed by atoms with Crippen LogP contribution in [0.1, 0.15) is 31.2 Å². The first kappa shape index (κ1) is 15.6. The van der Waals surface area contributed by atoms with Crippen molar-refractivity contribution in [2.24, 2.45) is 0 Å². The van der Waals surface area contributed by atoms with Crippen LogP contribution in [-0.2, 0) is 11.3 Å². The Morgan fingerprint density at radius 1 is 1.35 bits per heavy atom. The lowest BCUT2D eigenvalue weighted by atomic mass is 10.2. The van der Waals surface area contributed by atoms with Crippen molar-refractivity contribution in [2.45, 2.75) is 51.3 Å². The molecule has 1 heterocycles. The third kappa shape index (κ3) is 4.34. The summed E-state index contributed by atoms with van der Waals surface area (Å²) in [5.41, 5.74) is 1.11. The van der Waals surface area contributed by atoms with Crippen LogP contribution in [0.15, 0.2) is 42.7 Å². The summed E-state index contributed by atoms with van der Waals surface area (Å²) in [5.74, 6) is 0.928. The fraction of sp³-hybridized carbons (Fsp3) is 0.444. The molecule has 1 N–H and O–H groups in total. The van der Waals surface area contributed by atoms with Gasteiger partial charge in [-0.15, -0.1) is 0 Å². The first-order valence-corrected chi connectivity index (χ1v) is 8.21. The number of nitrogens with one attached hydrogen (secondary N) is 1. The topological polar surface area (TPSA) is 56.2 Å². The van der Waals surface area contributed by atoms with Crippen molar-refractivity contribution in [3.63, 3.8) is 0 Å². The van der Waals surface area contributed by atoms with Crippen LogP contribution < -0.4 is 10.1 Å². The Labute approximate surface area is 136 Å². The van der Waals surface area contributed by atoms with E-state index in [-0.39, 0.29) is 18.1 Å². The molecule has 1 aliphatic rings. The number of aromatic nitrogens is 2. The number of benzene rings is 1. The van der Waals surface area contributed by atoms with Gasteiger partial charge in [-0.3, -0.25) is 9.48 Å². The maximum absolute atomic E-state index is 12.2. The highest BCUT2D eigenvalue weighted by atomic mass is 16.5. The van der Waals surface area contributed by atoms with Gasteiger partial charge in [-0.2, -0.15) is 5.10 Å². The number of hydrogen-bond acceptors (Lipinski definition) is 3.